The smallest absolute Gasteiger partial charge is 0.417 e. The lowest BCUT2D eigenvalue weighted by Gasteiger charge is -2.27. The van der Waals surface area contributed by atoms with Gasteiger partial charge in [-0.3, -0.25) is 9.59 Å². The summed E-state index contributed by atoms with van der Waals surface area (Å²) in [5.41, 5.74) is 2.17. The van der Waals surface area contributed by atoms with Gasteiger partial charge in [-0.2, -0.15) is 39.7 Å². The molecule has 112 heavy (non-hydrogen) atoms. The van der Waals surface area contributed by atoms with E-state index in [4.69, 9.17) is 28.4 Å². The Labute approximate surface area is 639 Å². The minimum Gasteiger partial charge on any atom is -0.497 e. The molecule has 2 aliphatic heterocycles. The number of sulfonamides is 2. The molecule has 0 saturated carbocycles. The first-order chi connectivity index (χ1) is 53.8. The van der Waals surface area contributed by atoms with Crippen LogP contribution in [0.1, 0.15) is 76.4 Å². The third kappa shape index (κ3) is 16.5. The number of tetrazole rings is 2. The van der Waals surface area contributed by atoms with Gasteiger partial charge in [0.1, 0.15) is 44.3 Å². The van der Waals surface area contributed by atoms with Gasteiger partial charge >= 0.3 is 12.4 Å². The molecule has 576 valence electrons. The van der Waals surface area contributed by atoms with Gasteiger partial charge in [0.25, 0.3) is 11.8 Å². The number of ether oxygens (including phenoxy) is 6. The number of methoxy groups -OCH3 is 6. The minimum atomic E-state index is -5.15. The van der Waals surface area contributed by atoms with E-state index in [-0.39, 0.29) is 92.5 Å². The van der Waals surface area contributed by atoms with E-state index in [0.29, 0.717) is 95.7 Å². The van der Waals surface area contributed by atoms with Crippen molar-refractivity contribution in [1.82, 2.24) is 59.7 Å². The molecule has 0 fully saturated rings. The van der Waals surface area contributed by atoms with Crippen LogP contribution < -0.4 is 39.1 Å². The number of nitrogens with one attached hydrogen (secondary N) is 2. The number of aromatic nitrogens is 8. The fourth-order valence-corrected chi connectivity index (χ4v) is 16.8. The summed E-state index contributed by atoms with van der Waals surface area (Å²) < 4.78 is 188. The van der Waals surface area contributed by atoms with Crippen LogP contribution in [-0.4, -0.2) is 120 Å². The normalized spacial score (nSPS) is 12.7. The topological polar surface area (TPSA) is 276 Å². The Morgan fingerprint density at radius 2 is 0.723 bits per heavy atom. The highest BCUT2D eigenvalue weighted by Gasteiger charge is 2.46. The zero-order chi connectivity index (χ0) is 79.2. The Morgan fingerprint density at radius 1 is 0.393 bits per heavy atom. The average molecular weight is 1570 g/mol. The monoisotopic (exact) mass is 1570 g/mol. The molecule has 10 aromatic carbocycles. The minimum absolute atomic E-state index is 0.0319. The molecule has 2 N–H and O–H groups in total. The molecule has 0 atom stereocenters. The molecule has 0 saturated heterocycles. The molecule has 12 aromatic rings. The fourth-order valence-electron chi connectivity index (χ4n) is 13.2. The van der Waals surface area contributed by atoms with E-state index in [1.54, 1.807) is 182 Å². The van der Waals surface area contributed by atoms with Crippen molar-refractivity contribution in [3.63, 3.8) is 0 Å². The maximum Gasteiger partial charge on any atom is 0.417 e. The van der Waals surface area contributed by atoms with Crippen LogP contribution in [0.4, 0.5) is 26.3 Å². The van der Waals surface area contributed by atoms with E-state index in [1.165, 1.54) is 64.3 Å². The Hall–Kier alpha value is -12.5. The summed E-state index contributed by atoms with van der Waals surface area (Å²) in [4.78, 5) is 24.6. The predicted molar refractivity (Wildman–Crippen MR) is 399 cm³/mol. The van der Waals surface area contributed by atoms with Crippen molar-refractivity contribution in [3.05, 3.63) is 273 Å². The van der Waals surface area contributed by atoms with Crippen LogP contribution in [0.2, 0.25) is 0 Å². The van der Waals surface area contributed by atoms with Crippen molar-refractivity contribution in [3.8, 4) is 79.5 Å². The third-order valence-electron chi connectivity index (χ3n) is 18.9. The van der Waals surface area contributed by atoms with Gasteiger partial charge in [0.15, 0.2) is 5.82 Å². The Kier molecular flexibility index (Phi) is 22.6. The average Bonchev–Trinajstić information content (AvgIpc) is 1.20. The first-order valence-corrected chi connectivity index (χ1v) is 37.3. The molecule has 2 aromatic heterocycles. The molecule has 32 heteroatoms. The number of amides is 2. The van der Waals surface area contributed by atoms with E-state index >= 15 is 43.2 Å². The van der Waals surface area contributed by atoms with Gasteiger partial charge in [0.05, 0.1) is 72.4 Å². The second-order valence-corrected chi connectivity index (χ2v) is 29.4. The number of alkyl halides is 6. The molecule has 0 bridgehead atoms. The van der Waals surface area contributed by atoms with Crippen LogP contribution in [0.25, 0.3) is 45.0 Å². The first kappa shape index (κ1) is 77.6. The van der Waals surface area contributed by atoms with Crippen LogP contribution in [0.15, 0.2) is 216 Å². The number of nitrogens with zero attached hydrogens (tertiary/aromatic N) is 10. The molecule has 14 rings (SSSR count). The SMILES string of the molecule is COc1ccc(CN(Cc2ccc(OC)cc2)S(=O)(=O)c2c(C(F)(F)F)ccc(-c3cccc4c3CNC4=O)c2-c2nnn(Cc3ccc(OC)cc3)n2)cc1.COc1ccc(CN(Cc2ccc(OC)cc2)S(=O)(=O)c2c(C(F)(F)F)ccc(-c3cccc4c3CNC4=O)c2-c2nnnn2Cc2ccc(OC)cc2)cc1. The fraction of sp³-hybridized carbons (Fsp3) is 0.200. The largest absolute Gasteiger partial charge is 0.497 e. The molecular formula is C80H70F6N12O12S2. The maximum atomic E-state index is 15.4. The van der Waals surface area contributed by atoms with Crippen LogP contribution >= 0.6 is 0 Å². The third-order valence-corrected chi connectivity index (χ3v) is 22.6. The molecule has 0 unspecified atom stereocenters. The Balaban J connectivity index is 0.000000196. The van der Waals surface area contributed by atoms with Crippen LogP contribution in [0.3, 0.4) is 0 Å². The molecular weight excluding hydrogens is 1500 g/mol. The number of benzene rings is 10. The van der Waals surface area contributed by atoms with Crippen molar-refractivity contribution in [2.24, 2.45) is 0 Å². The van der Waals surface area contributed by atoms with Crippen molar-refractivity contribution < 1.29 is 81.2 Å². The number of halogens is 6. The van der Waals surface area contributed by atoms with Gasteiger partial charge in [-0.1, -0.05) is 109 Å². The van der Waals surface area contributed by atoms with Crippen LogP contribution in [-0.2, 0) is 84.8 Å². The molecule has 0 aliphatic carbocycles. The quantitative estimate of drug-likeness (QED) is 0.0477. The summed E-state index contributed by atoms with van der Waals surface area (Å²) >= 11 is 0. The number of hydrogen-bond donors (Lipinski definition) is 2. The van der Waals surface area contributed by atoms with E-state index in [1.807, 2.05) is 0 Å². The molecule has 24 nitrogen and oxygen atoms in total. The summed E-state index contributed by atoms with van der Waals surface area (Å²) in [7, 11) is -1.22. The lowest BCUT2D eigenvalue weighted by Crippen LogP contribution is -2.32. The molecule has 4 heterocycles. The summed E-state index contributed by atoms with van der Waals surface area (Å²) in [5.74, 6) is 1.93. The lowest BCUT2D eigenvalue weighted by molar-refractivity contribution is -0.140. The van der Waals surface area contributed by atoms with E-state index in [9.17, 15) is 9.59 Å². The number of carbonyl (C=O) groups is 2. The zero-order valence-corrected chi connectivity index (χ0v) is 62.4. The van der Waals surface area contributed by atoms with Gasteiger partial charge < -0.3 is 39.1 Å². The predicted octanol–water partition coefficient (Wildman–Crippen LogP) is 13.5. The van der Waals surface area contributed by atoms with E-state index in [0.717, 1.165) is 26.3 Å². The van der Waals surface area contributed by atoms with Crippen molar-refractivity contribution in [1.29, 1.82) is 0 Å². The summed E-state index contributed by atoms with van der Waals surface area (Å²) in [6.07, 6.45) is -10.3. The first-order valence-electron chi connectivity index (χ1n) is 34.4. The lowest BCUT2D eigenvalue weighted by atomic mass is 9.91. The molecule has 0 spiro atoms. The Bertz CT molecular complexity index is 5580. The van der Waals surface area contributed by atoms with Gasteiger partial charge in [0, 0.05) is 56.0 Å². The van der Waals surface area contributed by atoms with Crippen LogP contribution in [0, 0.1) is 0 Å². The second kappa shape index (κ2) is 32.6. The Morgan fingerprint density at radius 3 is 1.08 bits per heavy atom. The second-order valence-electron chi connectivity index (χ2n) is 25.7. The van der Waals surface area contributed by atoms with Crippen molar-refractivity contribution >= 4 is 31.9 Å². The van der Waals surface area contributed by atoms with E-state index in [2.05, 4.69) is 41.6 Å². The van der Waals surface area contributed by atoms with Gasteiger partial charge in [0.2, 0.25) is 25.9 Å². The number of rotatable bonds is 26. The summed E-state index contributed by atoms with van der Waals surface area (Å²) in [6.45, 7) is -1.06. The van der Waals surface area contributed by atoms with E-state index < -0.39 is 58.9 Å². The molecule has 0 radical (unpaired) electrons. The standard InChI is InChI=1S/2C40H35F3N6O6S/c1-53-28-13-7-25(8-14-28)22-48(23-26-9-15-29(54-2)16-10-26)56(51,52)37-35(40(41,42)43)20-19-32(31-5-4-6-33-34(31)21-44-39(33)50)36(37)38-45-46-47-49(38)24-27-11-17-30(55-3)18-12-27;1-53-28-13-7-25(8-14-28)22-48(23-26-9-15-29(54-2)16-10-26)56(51,52)37-35(40(41,42)43)20-19-32(31-5-4-6-33-34(31)21-44-39(33)50)36(37)38-45-47-49(46-38)24-27-11-17-30(55-3)18-12-27/h2*4-20H,21-24H2,1-3H3,(H,44,50). The maximum absolute atomic E-state index is 15.4. The summed E-state index contributed by atoms with van der Waals surface area (Å²) in [6, 6.07) is 53.6. The highest BCUT2D eigenvalue weighted by Crippen LogP contribution is 2.49. The zero-order valence-electron chi connectivity index (χ0n) is 60.7. The molecule has 2 aliphatic rings. The highest BCUT2D eigenvalue weighted by atomic mass is 32.2. The van der Waals surface area contributed by atoms with Crippen LogP contribution in [0.5, 0.6) is 34.5 Å². The van der Waals surface area contributed by atoms with Gasteiger partial charge in [-0.25, -0.2) is 21.5 Å². The van der Waals surface area contributed by atoms with Crippen molar-refractivity contribution in [2.45, 2.75) is 74.5 Å². The number of fused-ring (bicyclic) bond motifs is 2. The van der Waals surface area contributed by atoms with Gasteiger partial charge in [-0.05, 0) is 179 Å². The van der Waals surface area contributed by atoms with Crippen molar-refractivity contribution in [2.75, 3.05) is 42.7 Å². The number of hydrogen-bond acceptors (Lipinski definition) is 18. The number of carbonyl (C=O) groups excluding carboxylic acids is 2. The summed E-state index contributed by atoms with van der Waals surface area (Å²) in [5, 5.41) is 30.4. The molecule has 2 amide bonds. The van der Waals surface area contributed by atoms with Gasteiger partial charge in [-0.15, -0.1) is 15.3 Å². The highest BCUT2D eigenvalue weighted by molar-refractivity contribution is 7.89.